The van der Waals surface area contributed by atoms with E-state index < -0.39 is 0 Å². The highest BCUT2D eigenvalue weighted by molar-refractivity contribution is 5.89. The van der Waals surface area contributed by atoms with Crippen molar-refractivity contribution < 1.29 is 4.79 Å². The molecule has 0 saturated heterocycles. The molecule has 1 aromatic carbocycles. The Hall–Kier alpha value is -1.35. The van der Waals surface area contributed by atoms with Crippen molar-refractivity contribution in [3.63, 3.8) is 0 Å². The molecule has 1 fully saturated rings. The third-order valence-corrected chi connectivity index (χ3v) is 3.28. The molecule has 1 aliphatic rings. The lowest BCUT2D eigenvalue weighted by Gasteiger charge is -2.33. The molecule has 0 aromatic heterocycles. The van der Waals surface area contributed by atoms with Crippen molar-refractivity contribution in [3.8, 4) is 0 Å². The van der Waals surface area contributed by atoms with Crippen LogP contribution in [-0.2, 0) is 11.3 Å². The van der Waals surface area contributed by atoms with Crippen LogP contribution >= 0.6 is 0 Å². The zero-order chi connectivity index (χ0) is 12.3. The van der Waals surface area contributed by atoms with Crippen LogP contribution in [-0.4, -0.2) is 11.9 Å². The van der Waals surface area contributed by atoms with Crippen LogP contribution in [0.3, 0.4) is 0 Å². The zero-order valence-electron chi connectivity index (χ0n) is 10.5. The molecule has 0 spiro atoms. The van der Waals surface area contributed by atoms with E-state index in [0.29, 0.717) is 6.04 Å². The summed E-state index contributed by atoms with van der Waals surface area (Å²) < 4.78 is 0. The largest absolute Gasteiger partial charge is 0.326 e. The highest BCUT2D eigenvalue weighted by atomic mass is 16.1. The molecule has 1 aromatic rings. The average molecular weight is 232 g/mol. The number of carbonyl (C=O) groups excluding carboxylic acids is 1. The van der Waals surface area contributed by atoms with Crippen molar-refractivity contribution in [1.82, 2.24) is 5.32 Å². The molecule has 92 valence electrons. The van der Waals surface area contributed by atoms with Crippen molar-refractivity contribution in [1.29, 1.82) is 0 Å². The second-order valence-electron chi connectivity index (χ2n) is 4.99. The normalized spacial score (nSPS) is 22.9. The van der Waals surface area contributed by atoms with E-state index in [4.69, 9.17) is 0 Å². The minimum atomic E-state index is -0.0188. The molecular weight excluding hydrogens is 212 g/mol. The van der Waals surface area contributed by atoms with Gasteiger partial charge in [-0.3, -0.25) is 4.79 Å². The van der Waals surface area contributed by atoms with E-state index in [1.807, 2.05) is 18.2 Å². The maximum atomic E-state index is 11.1. The molecule has 1 saturated carbocycles. The number of amides is 1. The summed E-state index contributed by atoms with van der Waals surface area (Å²) >= 11 is 0. The molecule has 0 aliphatic heterocycles. The quantitative estimate of drug-likeness (QED) is 0.837. The van der Waals surface area contributed by atoms with E-state index in [2.05, 4.69) is 23.6 Å². The van der Waals surface area contributed by atoms with E-state index in [-0.39, 0.29) is 5.91 Å². The van der Waals surface area contributed by atoms with Gasteiger partial charge in [0.2, 0.25) is 5.91 Å². The van der Waals surface area contributed by atoms with Gasteiger partial charge in [0.1, 0.15) is 0 Å². The summed E-state index contributed by atoms with van der Waals surface area (Å²) in [5.74, 6) is 0.841. The Morgan fingerprint density at radius 3 is 2.71 bits per heavy atom. The number of hydrogen-bond donors (Lipinski definition) is 2. The summed E-state index contributed by atoms with van der Waals surface area (Å²) in [7, 11) is 0. The highest BCUT2D eigenvalue weighted by Crippen LogP contribution is 2.27. The zero-order valence-corrected chi connectivity index (χ0v) is 10.5. The number of rotatable bonds is 4. The Morgan fingerprint density at radius 1 is 1.35 bits per heavy atom. The van der Waals surface area contributed by atoms with Crippen LogP contribution in [0.5, 0.6) is 0 Å². The van der Waals surface area contributed by atoms with Crippen molar-refractivity contribution >= 4 is 11.6 Å². The van der Waals surface area contributed by atoms with Crippen LogP contribution in [0.2, 0.25) is 0 Å². The maximum absolute atomic E-state index is 11.1. The van der Waals surface area contributed by atoms with Gasteiger partial charge in [0, 0.05) is 25.2 Å². The van der Waals surface area contributed by atoms with Crippen molar-refractivity contribution in [2.45, 2.75) is 39.3 Å². The van der Waals surface area contributed by atoms with Gasteiger partial charge in [-0.05, 0) is 30.4 Å². The topological polar surface area (TPSA) is 41.1 Å². The van der Waals surface area contributed by atoms with Gasteiger partial charge < -0.3 is 10.6 Å². The predicted molar refractivity (Wildman–Crippen MR) is 69.8 cm³/mol. The second-order valence-corrected chi connectivity index (χ2v) is 4.99. The molecule has 3 heteroatoms. The van der Waals surface area contributed by atoms with Crippen LogP contribution in [0.15, 0.2) is 24.3 Å². The lowest BCUT2D eigenvalue weighted by atomic mass is 9.82. The molecule has 2 rings (SSSR count). The molecule has 1 amide bonds. The molecule has 0 atom stereocenters. The minimum Gasteiger partial charge on any atom is -0.326 e. The third kappa shape index (κ3) is 3.30. The van der Waals surface area contributed by atoms with Crippen molar-refractivity contribution in [3.05, 3.63) is 29.8 Å². The fourth-order valence-corrected chi connectivity index (χ4v) is 2.31. The summed E-state index contributed by atoms with van der Waals surface area (Å²) in [6, 6.07) is 8.60. The molecule has 17 heavy (non-hydrogen) atoms. The first-order valence-electron chi connectivity index (χ1n) is 6.24. The van der Waals surface area contributed by atoms with Gasteiger partial charge in [0.05, 0.1) is 0 Å². The van der Waals surface area contributed by atoms with Gasteiger partial charge in [-0.1, -0.05) is 25.1 Å². The molecule has 0 heterocycles. The van der Waals surface area contributed by atoms with Crippen molar-refractivity contribution in [2.24, 2.45) is 5.92 Å². The smallest absolute Gasteiger partial charge is 0.221 e. The Labute approximate surface area is 103 Å². The molecule has 0 bridgehead atoms. The van der Waals surface area contributed by atoms with Gasteiger partial charge in [-0.25, -0.2) is 0 Å². The first kappa shape index (κ1) is 12.1. The number of nitrogens with one attached hydrogen (secondary N) is 2. The molecule has 3 nitrogen and oxygen atoms in total. The number of carbonyl (C=O) groups is 1. The highest BCUT2D eigenvalue weighted by Gasteiger charge is 2.24. The molecule has 0 radical (unpaired) electrons. The van der Waals surface area contributed by atoms with E-state index >= 15 is 0 Å². The fraction of sp³-hybridized carbons (Fsp3) is 0.500. The van der Waals surface area contributed by atoms with E-state index in [9.17, 15) is 4.79 Å². The minimum absolute atomic E-state index is 0.0188. The molecule has 1 aliphatic carbocycles. The first-order valence-corrected chi connectivity index (χ1v) is 6.24. The number of para-hydroxylation sites is 1. The summed E-state index contributed by atoms with van der Waals surface area (Å²) in [5.41, 5.74) is 2.07. The SMILES string of the molecule is CC(=O)Nc1ccccc1CNC1CC(C)C1. The first-order chi connectivity index (χ1) is 8.15. The predicted octanol–water partition coefficient (Wildman–Crippen LogP) is 2.53. The van der Waals surface area contributed by atoms with Crippen LogP contribution < -0.4 is 10.6 Å². The summed E-state index contributed by atoms with van der Waals surface area (Å²) in [4.78, 5) is 11.1. The number of hydrogen-bond acceptors (Lipinski definition) is 2. The van der Waals surface area contributed by atoms with E-state index in [1.165, 1.54) is 19.8 Å². The molecule has 0 unspecified atom stereocenters. The van der Waals surface area contributed by atoms with Gasteiger partial charge in [0.25, 0.3) is 0 Å². The Balaban J connectivity index is 1.92. The second kappa shape index (κ2) is 5.32. The van der Waals surface area contributed by atoms with Gasteiger partial charge in [-0.15, -0.1) is 0 Å². The standard InChI is InChI=1S/C14H20N2O/c1-10-7-13(8-10)15-9-12-5-3-4-6-14(12)16-11(2)17/h3-6,10,13,15H,7-9H2,1-2H3,(H,16,17). The van der Waals surface area contributed by atoms with Crippen LogP contribution in [0.1, 0.15) is 32.3 Å². The summed E-state index contributed by atoms with van der Waals surface area (Å²) in [6.45, 7) is 4.65. The average Bonchev–Trinajstić information content (AvgIpc) is 2.24. The van der Waals surface area contributed by atoms with E-state index in [1.54, 1.807) is 0 Å². The van der Waals surface area contributed by atoms with Crippen molar-refractivity contribution in [2.75, 3.05) is 5.32 Å². The fourth-order valence-electron chi connectivity index (χ4n) is 2.31. The summed E-state index contributed by atoms with van der Waals surface area (Å²) in [5, 5.41) is 6.39. The lowest BCUT2D eigenvalue weighted by molar-refractivity contribution is -0.114. The van der Waals surface area contributed by atoms with Crippen LogP contribution in [0.25, 0.3) is 0 Å². The maximum Gasteiger partial charge on any atom is 0.221 e. The van der Waals surface area contributed by atoms with Gasteiger partial charge in [-0.2, -0.15) is 0 Å². The Morgan fingerprint density at radius 2 is 2.06 bits per heavy atom. The van der Waals surface area contributed by atoms with Gasteiger partial charge in [0.15, 0.2) is 0 Å². The molecule has 2 N–H and O–H groups in total. The molecular formula is C14H20N2O. The number of anilines is 1. The van der Waals surface area contributed by atoms with Crippen LogP contribution in [0.4, 0.5) is 5.69 Å². The Bertz CT molecular complexity index is 397. The monoisotopic (exact) mass is 232 g/mol. The lowest BCUT2D eigenvalue weighted by Crippen LogP contribution is -2.39. The van der Waals surface area contributed by atoms with Gasteiger partial charge >= 0.3 is 0 Å². The number of benzene rings is 1. The Kier molecular flexibility index (Phi) is 3.79. The van der Waals surface area contributed by atoms with E-state index in [0.717, 1.165) is 23.7 Å². The summed E-state index contributed by atoms with van der Waals surface area (Å²) in [6.07, 6.45) is 2.53. The third-order valence-electron chi connectivity index (χ3n) is 3.28. The van der Waals surface area contributed by atoms with Crippen LogP contribution in [0, 0.1) is 5.92 Å².